The smallest absolute Gasteiger partial charge is 0.0574 e. The fourth-order valence-corrected chi connectivity index (χ4v) is 2.81. The Labute approximate surface area is 123 Å². The molecule has 0 radical (unpaired) electrons. The van der Waals surface area contributed by atoms with E-state index in [1.165, 1.54) is 5.69 Å². The number of pyridine rings is 1. The molecule has 0 aromatic carbocycles. The molecule has 1 aromatic heterocycles. The molecule has 1 saturated heterocycles. The standard InChI is InChI=1S/C16H28N4/c1-6-14(17-4)15-8-7-13(11-18-15)20-10-9-19(5)16(2,3)12-20/h7-8,11,14,17H,6,9-10,12H2,1-5H3. The molecule has 4 nitrogen and oxygen atoms in total. The first-order valence-electron chi connectivity index (χ1n) is 7.57. The number of aromatic nitrogens is 1. The quantitative estimate of drug-likeness (QED) is 0.914. The van der Waals surface area contributed by atoms with E-state index in [0.29, 0.717) is 6.04 Å². The Balaban J connectivity index is 2.10. The summed E-state index contributed by atoms with van der Waals surface area (Å²) in [6.45, 7) is 10.0. The first kappa shape index (κ1) is 15.3. The molecule has 20 heavy (non-hydrogen) atoms. The number of hydrogen-bond donors (Lipinski definition) is 1. The predicted molar refractivity (Wildman–Crippen MR) is 85.3 cm³/mol. The van der Waals surface area contributed by atoms with Crippen molar-refractivity contribution in [2.24, 2.45) is 0 Å². The SMILES string of the molecule is CCC(NC)c1ccc(N2CCN(C)C(C)(C)C2)cn1. The van der Waals surface area contributed by atoms with Crippen LogP contribution < -0.4 is 10.2 Å². The lowest BCUT2D eigenvalue weighted by atomic mass is 9.99. The maximum atomic E-state index is 4.64. The summed E-state index contributed by atoms with van der Waals surface area (Å²) >= 11 is 0. The van der Waals surface area contributed by atoms with Gasteiger partial charge in [0, 0.05) is 31.2 Å². The van der Waals surface area contributed by atoms with Crippen LogP contribution in [0, 0.1) is 0 Å². The van der Waals surface area contributed by atoms with Crippen molar-refractivity contribution in [1.82, 2.24) is 15.2 Å². The summed E-state index contributed by atoms with van der Waals surface area (Å²) in [5, 5.41) is 3.30. The fraction of sp³-hybridized carbons (Fsp3) is 0.688. The Hall–Kier alpha value is -1.13. The Morgan fingerprint density at radius 2 is 2.10 bits per heavy atom. The molecule has 2 rings (SSSR count). The normalized spacial score (nSPS) is 20.9. The largest absolute Gasteiger partial charge is 0.367 e. The van der Waals surface area contributed by atoms with Gasteiger partial charge in [-0.15, -0.1) is 0 Å². The van der Waals surface area contributed by atoms with Crippen LogP contribution in [-0.4, -0.2) is 49.2 Å². The van der Waals surface area contributed by atoms with Crippen LogP contribution in [0.2, 0.25) is 0 Å². The Bertz CT molecular complexity index is 423. The second-order valence-corrected chi connectivity index (χ2v) is 6.35. The molecule has 1 aromatic rings. The van der Waals surface area contributed by atoms with E-state index in [9.17, 15) is 0 Å². The van der Waals surface area contributed by atoms with Gasteiger partial charge in [-0.2, -0.15) is 0 Å². The molecule has 2 heterocycles. The minimum Gasteiger partial charge on any atom is -0.367 e. The predicted octanol–water partition coefficient (Wildman–Crippen LogP) is 2.28. The highest BCUT2D eigenvalue weighted by Gasteiger charge is 2.31. The minimum absolute atomic E-state index is 0.216. The van der Waals surface area contributed by atoms with Crippen molar-refractivity contribution >= 4 is 5.69 Å². The van der Waals surface area contributed by atoms with Crippen LogP contribution >= 0.6 is 0 Å². The number of piperazine rings is 1. The lowest BCUT2D eigenvalue weighted by Gasteiger charge is -2.46. The second-order valence-electron chi connectivity index (χ2n) is 6.35. The number of nitrogens with zero attached hydrogens (tertiary/aromatic N) is 3. The van der Waals surface area contributed by atoms with Crippen molar-refractivity contribution in [3.05, 3.63) is 24.0 Å². The van der Waals surface area contributed by atoms with Gasteiger partial charge in [0.2, 0.25) is 0 Å². The van der Waals surface area contributed by atoms with E-state index in [1.54, 1.807) is 0 Å². The first-order chi connectivity index (χ1) is 9.47. The van der Waals surface area contributed by atoms with Gasteiger partial charge in [0.15, 0.2) is 0 Å². The average Bonchev–Trinajstić information content (AvgIpc) is 2.44. The zero-order valence-corrected chi connectivity index (χ0v) is 13.5. The third kappa shape index (κ3) is 3.13. The van der Waals surface area contributed by atoms with Crippen LogP contribution in [-0.2, 0) is 0 Å². The third-order valence-electron chi connectivity index (χ3n) is 4.57. The molecule has 1 atom stereocenters. The van der Waals surface area contributed by atoms with Crippen molar-refractivity contribution in [2.75, 3.05) is 38.6 Å². The highest BCUT2D eigenvalue weighted by Crippen LogP contribution is 2.25. The summed E-state index contributed by atoms with van der Waals surface area (Å²) in [4.78, 5) is 9.52. The molecule has 0 bridgehead atoms. The van der Waals surface area contributed by atoms with Gasteiger partial charge in [-0.05, 0) is 46.5 Å². The number of hydrogen-bond acceptors (Lipinski definition) is 4. The van der Waals surface area contributed by atoms with Gasteiger partial charge in [0.1, 0.15) is 0 Å². The van der Waals surface area contributed by atoms with Crippen LogP contribution in [0.25, 0.3) is 0 Å². The van der Waals surface area contributed by atoms with Crippen LogP contribution in [0.15, 0.2) is 18.3 Å². The van der Waals surface area contributed by atoms with Crippen molar-refractivity contribution in [3.8, 4) is 0 Å². The van der Waals surface area contributed by atoms with Crippen LogP contribution in [0.3, 0.4) is 0 Å². The topological polar surface area (TPSA) is 31.4 Å². The molecule has 1 aliphatic rings. The molecule has 1 aliphatic heterocycles. The van der Waals surface area contributed by atoms with Crippen LogP contribution in [0.5, 0.6) is 0 Å². The maximum Gasteiger partial charge on any atom is 0.0574 e. The van der Waals surface area contributed by atoms with Gasteiger partial charge in [-0.1, -0.05) is 6.92 Å². The molecule has 0 aliphatic carbocycles. The highest BCUT2D eigenvalue weighted by atomic mass is 15.3. The lowest BCUT2D eigenvalue weighted by molar-refractivity contribution is 0.139. The van der Waals surface area contributed by atoms with Gasteiger partial charge in [0.05, 0.1) is 17.6 Å². The maximum absolute atomic E-state index is 4.64. The van der Waals surface area contributed by atoms with Crippen molar-refractivity contribution < 1.29 is 0 Å². The van der Waals surface area contributed by atoms with Crippen LogP contribution in [0.4, 0.5) is 5.69 Å². The van der Waals surface area contributed by atoms with E-state index in [2.05, 4.69) is 60.1 Å². The first-order valence-corrected chi connectivity index (χ1v) is 7.57. The van der Waals surface area contributed by atoms with E-state index >= 15 is 0 Å². The molecule has 0 spiro atoms. The van der Waals surface area contributed by atoms with Crippen molar-refractivity contribution in [1.29, 1.82) is 0 Å². The number of anilines is 1. The lowest BCUT2D eigenvalue weighted by Crippen LogP contribution is -2.57. The van der Waals surface area contributed by atoms with Gasteiger partial charge in [0.25, 0.3) is 0 Å². The van der Waals surface area contributed by atoms with Gasteiger partial charge < -0.3 is 10.2 Å². The molecule has 0 amide bonds. The Kier molecular flexibility index (Phi) is 4.66. The molecule has 1 fully saturated rings. The molecular formula is C16H28N4. The van der Waals surface area contributed by atoms with Crippen molar-refractivity contribution in [2.45, 2.75) is 38.8 Å². The van der Waals surface area contributed by atoms with E-state index in [1.807, 2.05) is 13.2 Å². The highest BCUT2D eigenvalue weighted by molar-refractivity contribution is 5.46. The molecule has 112 valence electrons. The summed E-state index contributed by atoms with van der Waals surface area (Å²) in [7, 11) is 4.20. The van der Waals surface area contributed by atoms with Gasteiger partial charge >= 0.3 is 0 Å². The monoisotopic (exact) mass is 276 g/mol. The Morgan fingerprint density at radius 3 is 2.60 bits per heavy atom. The number of nitrogens with one attached hydrogen (secondary N) is 1. The minimum atomic E-state index is 0.216. The summed E-state index contributed by atoms with van der Waals surface area (Å²) < 4.78 is 0. The molecule has 1 N–H and O–H groups in total. The van der Waals surface area contributed by atoms with E-state index < -0.39 is 0 Å². The third-order valence-corrected chi connectivity index (χ3v) is 4.57. The van der Waals surface area contributed by atoms with E-state index in [4.69, 9.17) is 0 Å². The molecular weight excluding hydrogens is 248 g/mol. The second kappa shape index (κ2) is 6.10. The summed E-state index contributed by atoms with van der Waals surface area (Å²) in [5.74, 6) is 0. The number of rotatable bonds is 4. The molecule has 1 unspecified atom stereocenters. The fourth-order valence-electron chi connectivity index (χ4n) is 2.81. The molecule has 0 saturated carbocycles. The summed E-state index contributed by atoms with van der Waals surface area (Å²) in [5.41, 5.74) is 2.58. The average molecular weight is 276 g/mol. The van der Waals surface area contributed by atoms with Crippen LogP contribution in [0.1, 0.15) is 38.9 Å². The summed E-state index contributed by atoms with van der Waals surface area (Å²) in [6, 6.07) is 4.72. The Morgan fingerprint density at radius 1 is 1.35 bits per heavy atom. The number of likely N-dealkylation sites (N-methyl/N-ethyl adjacent to an activating group) is 1. The van der Waals surface area contributed by atoms with Gasteiger partial charge in [-0.25, -0.2) is 0 Å². The van der Waals surface area contributed by atoms with Gasteiger partial charge in [-0.3, -0.25) is 9.88 Å². The zero-order chi connectivity index (χ0) is 14.8. The molecule has 4 heteroatoms. The zero-order valence-electron chi connectivity index (χ0n) is 13.5. The van der Waals surface area contributed by atoms with E-state index in [-0.39, 0.29) is 5.54 Å². The van der Waals surface area contributed by atoms with E-state index in [0.717, 1.165) is 31.7 Å². The summed E-state index contributed by atoms with van der Waals surface area (Å²) in [6.07, 6.45) is 3.08. The van der Waals surface area contributed by atoms with Crippen molar-refractivity contribution in [3.63, 3.8) is 0 Å².